The minimum atomic E-state index is -0.687. The van der Waals surface area contributed by atoms with Crippen molar-refractivity contribution in [2.24, 2.45) is 0 Å². The van der Waals surface area contributed by atoms with E-state index in [1.54, 1.807) is 24.0 Å². The van der Waals surface area contributed by atoms with Gasteiger partial charge in [-0.1, -0.05) is 45.0 Å². The highest BCUT2D eigenvalue weighted by atomic mass is 16.5. The number of carbonyl (C=O) groups excluding carboxylic acids is 2. The summed E-state index contributed by atoms with van der Waals surface area (Å²) in [6.45, 7) is 9.69. The fourth-order valence-electron chi connectivity index (χ4n) is 3.34. The van der Waals surface area contributed by atoms with Crippen LogP contribution < -0.4 is 15.4 Å². The number of hydrogen-bond acceptors (Lipinski definition) is 3. The van der Waals surface area contributed by atoms with Crippen molar-refractivity contribution >= 4 is 23.3 Å². The largest absolute Gasteiger partial charge is 0.481 e. The summed E-state index contributed by atoms with van der Waals surface area (Å²) in [5.74, 6) is 0.360. The van der Waals surface area contributed by atoms with Crippen molar-refractivity contribution in [2.45, 2.75) is 52.1 Å². The number of para-hydroxylation sites is 2. The average molecular weight is 410 g/mol. The van der Waals surface area contributed by atoms with Gasteiger partial charge in [0.05, 0.1) is 11.4 Å². The quantitative estimate of drug-likeness (QED) is 0.729. The molecule has 1 aliphatic heterocycles. The van der Waals surface area contributed by atoms with Gasteiger partial charge < -0.3 is 20.3 Å². The molecule has 2 aromatic carbocycles. The van der Waals surface area contributed by atoms with E-state index in [1.807, 2.05) is 36.4 Å². The third kappa shape index (κ3) is 5.53. The van der Waals surface area contributed by atoms with E-state index in [1.165, 1.54) is 5.56 Å². The maximum atomic E-state index is 12.7. The number of amides is 3. The van der Waals surface area contributed by atoms with Crippen LogP contribution in [0.15, 0.2) is 48.5 Å². The number of benzene rings is 2. The van der Waals surface area contributed by atoms with Gasteiger partial charge in [0.1, 0.15) is 5.75 Å². The third-order valence-electron chi connectivity index (χ3n) is 5.22. The van der Waals surface area contributed by atoms with Gasteiger partial charge in [-0.05, 0) is 55.0 Å². The number of carbonyl (C=O) groups is 2. The van der Waals surface area contributed by atoms with Gasteiger partial charge in [0.25, 0.3) is 5.91 Å². The van der Waals surface area contributed by atoms with Crippen LogP contribution in [0.2, 0.25) is 0 Å². The summed E-state index contributed by atoms with van der Waals surface area (Å²) < 4.78 is 5.81. The monoisotopic (exact) mass is 409 g/mol. The van der Waals surface area contributed by atoms with Crippen LogP contribution in [0.3, 0.4) is 0 Å². The smallest absolute Gasteiger partial charge is 0.321 e. The van der Waals surface area contributed by atoms with Gasteiger partial charge in [-0.3, -0.25) is 4.79 Å². The Hall–Kier alpha value is -3.02. The summed E-state index contributed by atoms with van der Waals surface area (Å²) in [5, 5.41) is 5.76. The van der Waals surface area contributed by atoms with Gasteiger partial charge in [0, 0.05) is 13.1 Å². The second-order valence-corrected chi connectivity index (χ2v) is 8.69. The normalized spacial score (nSPS) is 14.9. The Kier molecular flexibility index (Phi) is 6.65. The number of nitrogens with zero attached hydrogens (tertiary/aromatic N) is 1. The van der Waals surface area contributed by atoms with Crippen molar-refractivity contribution < 1.29 is 14.3 Å². The minimum absolute atomic E-state index is 0.0603. The molecule has 0 spiro atoms. The summed E-state index contributed by atoms with van der Waals surface area (Å²) in [7, 11) is 0. The molecule has 6 heteroatoms. The summed E-state index contributed by atoms with van der Waals surface area (Å²) in [4.78, 5) is 26.9. The second-order valence-electron chi connectivity index (χ2n) is 8.69. The molecule has 0 radical (unpaired) electrons. The fourth-order valence-corrected chi connectivity index (χ4v) is 3.34. The zero-order valence-corrected chi connectivity index (χ0v) is 18.2. The average Bonchev–Trinajstić information content (AvgIpc) is 3.24. The number of rotatable bonds is 5. The topological polar surface area (TPSA) is 70.7 Å². The molecule has 0 bridgehead atoms. The number of anilines is 2. The van der Waals surface area contributed by atoms with Crippen LogP contribution in [0.4, 0.5) is 16.2 Å². The number of ether oxygens (including phenoxy) is 1. The third-order valence-corrected chi connectivity index (χ3v) is 5.22. The van der Waals surface area contributed by atoms with Crippen LogP contribution in [0.1, 0.15) is 46.1 Å². The highest BCUT2D eigenvalue weighted by Crippen LogP contribution is 2.25. The number of nitrogens with one attached hydrogen (secondary N) is 2. The predicted octanol–water partition coefficient (Wildman–Crippen LogP) is 5.02. The molecule has 2 aromatic rings. The van der Waals surface area contributed by atoms with E-state index >= 15 is 0 Å². The zero-order valence-electron chi connectivity index (χ0n) is 18.2. The summed E-state index contributed by atoms with van der Waals surface area (Å²) in [6.07, 6.45) is 1.36. The van der Waals surface area contributed by atoms with Crippen LogP contribution in [0.25, 0.3) is 0 Å². The first-order valence-electron chi connectivity index (χ1n) is 10.5. The Morgan fingerprint density at radius 3 is 2.07 bits per heavy atom. The molecule has 1 heterocycles. The Labute approximate surface area is 178 Å². The van der Waals surface area contributed by atoms with Crippen molar-refractivity contribution in [1.29, 1.82) is 0 Å². The number of likely N-dealkylation sites (tertiary alicyclic amines) is 1. The first-order valence-corrected chi connectivity index (χ1v) is 10.5. The van der Waals surface area contributed by atoms with Crippen LogP contribution in [0.5, 0.6) is 5.75 Å². The molecule has 160 valence electrons. The van der Waals surface area contributed by atoms with E-state index in [0.717, 1.165) is 25.9 Å². The van der Waals surface area contributed by atoms with Gasteiger partial charge in [0.15, 0.2) is 6.10 Å². The van der Waals surface area contributed by atoms with E-state index in [9.17, 15) is 9.59 Å². The zero-order chi connectivity index (χ0) is 21.7. The van der Waals surface area contributed by atoms with E-state index in [2.05, 4.69) is 31.4 Å². The number of hydrogen-bond donors (Lipinski definition) is 2. The Bertz CT molecular complexity index is 881. The van der Waals surface area contributed by atoms with Crippen molar-refractivity contribution in [2.75, 3.05) is 23.7 Å². The molecule has 1 atom stereocenters. The van der Waals surface area contributed by atoms with E-state index < -0.39 is 6.10 Å². The molecule has 0 aromatic heterocycles. The van der Waals surface area contributed by atoms with Gasteiger partial charge in [-0.25, -0.2) is 4.79 Å². The van der Waals surface area contributed by atoms with Crippen molar-refractivity contribution in [1.82, 2.24) is 4.90 Å². The van der Waals surface area contributed by atoms with Crippen LogP contribution in [-0.4, -0.2) is 36.0 Å². The van der Waals surface area contributed by atoms with Crippen molar-refractivity contribution in [3.8, 4) is 5.75 Å². The Morgan fingerprint density at radius 2 is 1.50 bits per heavy atom. The molecule has 3 amide bonds. The minimum Gasteiger partial charge on any atom is -0.481 e. The summed E-state index contributed by atoms with van der Waals surface area (Å²) >= 11 is 0. The molecule has 3 rings (SSSR count). The molecule has 6 nitrogen and oxygen atoms in total. The Balaban J connectivity index is 1.62. The maximum Gasteiger partial charge on any atom is 0.321 e. The highest BCUT2D eigenvalue weighted by molar-refractivity contribution is 6.00. The molecule has 0 saturated carbocycles. The predicted molar refractivity (Wildman–Crippen MR) is 120 cm³/mol. The first-order chi connectivity index (χ1) is 14.2. The van der Waals surface area contributed by atoms with Gasteiger partial charge in [-0.2, -0.15) is 0 Å². The highest BCUT2D eigenvalue weighted by Gasteiger charge is 2.21. The molecule has 30 heavy (non-hydrogen) atoms. The summed E-state index contributed by atoms with van der Waals surface area (Å²) in [5.41, 5.74) is 2.39. The Morgan fingerprint density at radius 1 is 0.933 bits per heavy atom. The first kappa shape index (κ1) is 21.7. The fraction of sp³-hybridized carbons (Fsp3) is 0.417. The molecule has 1 fully saturated rings. The molecule has 2 N–H and O–H groups in total. The maximum absolute atomic E-state index is 12.7. The molecular weight excluding hydrogens is 378 g/mol. The van der Waals surface area contributed by atoms with E-state index in [0.29, 0.717) is 17.1 Å². The van der Waals surface area contributed by atoms with Crippen LogP contribution >= 0.6 is 0 Å². The lowest BCUT2D eigenvalue weighted by Gasteiger charge is -2.21. The van der Waals surface area contributed by atoms with E-state index in [-0.39, 0.29) is 17.4 Å². The molecule has 1 saturated heterocycles. The lowest BCUT2D eigenvalue weighted by atomic mass is 9.87. The second kappa shape index (κ2) is 9.20. The standard InChI is InChI=1S/C24H31N3O3/c1-17(30-19-13-11-18(12-14-19)24(2,3)4)22(28)25-20-9-5-6-10-21(20)26-23(29)27-15-7-8-16-27/h5-6,9-14,17H,7-8,15-16H2,1-4H3,(H,25,28)(H,26,29). The van der Waals surface area contributed by atoms with Crippen LogP contribution in [0, 0.1) is 0 Å². The summed E-state index contributed by atoms with van der Waals surface area (Å²) in [6, 6.07) is 14.8. The lowest BCUT2D eigenvalue weighted by Crippen LogP contribution is -2.33. The molecule has 1 aliphatic rings. The lowest BCUT2D eigenvalue weighted by molar-refractivity contribution is -0.122. The van der Waals surface area contributed by atoms with Crippen LogP contribution in [-0.2, 0) is 10.2 Å². The molecule has 1 unspecified atom stereocenters. The number of urea groups is 1. The molecule has 0 aliphatic carbocycles. The SMILES string of the molecule is CC(Oc1ccc(C(C)(C)C)cc1)C(=O)Nc1ccccc1NC(=O)N1CCCC1. The van der Waals surface area contributed by atoms with Gasteiger partial charge in [0.2, 0.25) is 0 Å². The molecular formula is C24H31N3O3. The van der Waals surface area contributed by atoms with Crippen molar-refractivity contribution in [3.05, 3.63) is 54.1 Å². The van der Waals surface area contributed by atoms with Gasteiger partial charge in [-0.15, -0.1) is 0 Å². The van der Waals surface area contributed by atoms with Crippen molar-refractivity contribution in [3.63, 3.8) is 0 Å². The van der Waals surface area contributed by atoms with Gasteiger partial charge >= 0.3 is 6.03 Å². The van der Waals surface area contributed by atoms with E-state index in [4.69, 9.17) is 4.74 Å².